The Hall–Kier alpha value is -1.14. The first kappa shape index (κ1) is 25.1. The molecule has 2 aliphatic heterocycles. The SMILES string of the molecule is CCNC(=NCCCn1nc2n(c1=O)CCCC2)NCCCOCC1CCOC1.I. The number of rotatable bonds is 11. The lowest BCUT2D eigenvalue weighted by molar-refractivity contribution is 0.0888. The summed E-state index contributed by atoms with van der Waals surface area (Å²) in [7, 11) is 0. The molecule has 10 heteroatoms. The van der Waals surface area contributed by atoms with Gasteiger partial charge in [0.25, 0.3) is 0 Å². The Morgan fingerprint density at radius 3 is 3.00 bits per heavy atom. The summed E-state index contributed by atoms with van der Waals surface area (Å²) in [4.78, 5) is 16.9. The number of hydrogen-bond donors (Lipinski definition) is 2. The summed E-state index contributed by atoms with van der Waals surface area (Å²) in [5.41, 5.74) is 0.0258. The molecule has 1 unspecified atom stereocenters. The zero-order chi connectivity index (χ0) is 20.3. The summed E-state index contributed by atoms with van der Waals surface area (Å²) in [5, 5.41) is 11.1. The Morgan fingerprint density at radius 1 is 1.33 bits per heavy atom. The van der Waals surface area contributed by atoms with Gasteiger partial charge in [-0.15, -0.1) is 24.0 Å². The molecule has 30 heavy (non-hydrogen) atoms. The molecule has 2 aliphatic rings. The second-order valence-electron chi connectivity index (χ2n) is 7.73. The van der Waals surface area contributed by atoms with Crippen molar-refractivity contribution in [3.63, 3.8) is 0 Å². The van der Waals surface area contributed by atoms with Gasteiger partial charge in [0.2, 0.25) is 0 Å². The smallest absolute Gasteiger partial charge is 0.345 e. The van der Waals surface area contributed by atoms with Crippen LogP contribution >= 0.6 is 24.0 Å². The fourth-order valence-corrected chi connectivity index (χ4v) is 3.69. The van der Waals surface area contributed by atoms with Gasteiger partial charge in [-0.1, -0.05) is 0 Å². The highest BCUT2D eigenvalue weighted by atomic mass is 127. The molecule has 1 aromatic rings. The molecule has 3 heterocycles. The van der Waals surface area contributed by atoms with Crippen molar-refractivity contribution < 1.29 is 9.47 Å². The lowest BCUT2D eigenvalue weighted by Crippen LogP contribution is -2.38. The lowest BCUT2D eigenvalue weighted by Gasteiger charge is -2.12. The molecule has 1 atom stereocenters. The van der Waals surface area contributed by atoms with Gasteiger partial charge in [-0.3, -0.25) is 9.56 Å². The molecule has 172 valence electrons. The van der Waals surface area contributed by atoms with Gasteiger partial charge in [0.15, 0.2) is 5.96 Å². The standard InChI is InChI=1S/C20H36N6O3.HI/c1-2-21-19(23-10-6-13-28-15-17-8-14-29-16-17)22-9-5-12-26-20(27)25-11-4-3-7-18(25)24-26;/h17H,2-16H2,1H3,(H2,21,22,23);1H. The van der Waals surface area contributed by atoms with Gasteiger partial charge in [0.1, 0.15) is 5.82 Å². The molecular formula is C20H37IN6O3. The molecule has 0 saturated carbocycles. The molecule has 0 amide bonds. The average Bonchev–Trinajstić information content (AvgIpc) is 3.36. The van der Waals surface area contributed by atoms with Gasteiger partial charge < -0.3 is 20.1 Å². The molecule has 0 spiro atoms. The maximum Gasteiger partial charge on any atom is 0.345 e. The number of ether oxygens (including phenoxy) is 2. The second-order valence-corrected chi connectivity index (χ2v) is 7.73. The maximum atomic E-state index is 12.3. The van der Waals surface area contributed by atoms with Crippen LogP contribution in [0.25, 0.3) is 0 Å². The van der Waals surface area contributed by atoms with E-state index in [9.17, 15) is 4.79 Å². The summed E-state index contributed by atoms with van der Waals surface area (Å²) in [6.45, 7) is 9.01. The number of nitrogens with zero attached hydrogens (tertiary/aromatic N) is 4. The molecule has 0 aromatic carbocycles. The number of guanidine groups is 1. The molecule has 1 saturated heterocycles. The summed E-state index contributed by atoms with van der Waals surface area (Å²) in [6.07, 6.45) is 5.95. The van der Waals surface area contributed by atoms with E-state index in [0.717, 1.165) is 96.4 Å². The third-order valence-electron chi connectivity index (χ3n) is 5.31. The van der Waals surface area contributed by atoms with Gasteiger partial charge in [-0.2, -0.15) is 5.10 Å². The Bertz CT molecular complexity index is 699. The third kappa shape index (κ3) is 7.84. The van der Waals surface area contributed by atoms with Gasteiger partial charge >= 0.3 is 5.69 Å². The Kier molecular flexibility index (Phi) is 11.7. The first-order valence-electron chi connectivity index (χ1n) is 11.1. The van der Waals surface area contributed by atoms with Crippen molar-refractivity contribution in [2.24, 2.45) is 10.9 Å². The summed E-state index contributed by atoms with van der Waals surface area (Å²) in [5.74, 6) is 2.31. The van der Waals surface area contributed by atoms with Gasteiger partial charge in [-0.05, 0) is 39.0 Å². The van der Waals surface area contributed by atoms with Gasteiger partial charge in [-0.25, -0.2) is 9.48 Å². The van der Waals surface area contributed by atoms with Crippen LogP contribution < -0.4 is 16.3 Å². The predicted octanol–water partition coefficient (Wildman–Crippen LogP) is 1.39. The van der Waals surface area contributed by atoms with Crippen molar-refractivity contribution in [3.05, 3.63) is 16.3 Å². The van der Waals surface area contributed by atoms with E-state index in [1.54, 1.807) is 4.68 Å². The maximum absolute atomic E-state index is 12.3. The van der Waals surface area contributed by atoms with E-state index >= 15 is 0 Å². The van der Waals surface area contributed by atoms with E-state index in [1.165, 1.54) is 0 Å². The summed E-state index contributed by atoms with van der Waals surface area (Å²) >= 11 is 0. The number of aryl methyl sites for hydroxylation is 2. The third-order valence-corrected chi connectivity index (χ3v) is 5.31. The highest BCUT2D eigenvalue weighted by Gasteiger charge is 2.16. The highest BCUT2D eigenvalue weighted by Crippen LogP contribution is 2.12. The molecule has 2 N–H and O–H groups in total. The average molecular weight is 536 g/mol. The molecule has 3 rings (SSSR count). The van der Waals surface area contributed by atoms with Crippen molar-refractivity contribution in [2.45, 2.75) is 58.5 Å². The van der Waals surface area contributed by atoms with Crippen LogP contribution in [0, 0.1) is 5.92 Å². The van der Waals surface area contributed by atoms with E-state index in [1.807, 2.05) is 4.57 Å². The van der Waals surface area contributed by atoms with Crippen LogP contribution in [-0.4, -0.2) is 66.4 Å². The highest BCUT2D eigenvalue weighted by molar-refractivity contribution is 14.0. The minimum absolute atomic E-state index is 0. The minimum Gasteiger partial charge on any atom is -0.381 e. The molecule has 1 fully saturated rings. The molecular weight excluding hydrogens is 499 g/mol. The van der Waals surface area contributed by atoms with Crippen LogP contribution in [0.1, 0.15) is 44.9 Å². The number of fused-ring (bicyclic) bond motifs is 1. The summed E-state index contributed by atoms with van der Waals surface area (Å²) in [6, 6.07) is 0. The molecule has 9 nitrogen and oxygen atoms in total. The van der Waals surface area contributed by atoms with Crippen LogP contribution in [0.5, 0.6) is 0 Å². The van der Waals surface area contributed by atoms with Crippen molar-refractivity contribution >= 4 is 29.9 Å². The first-order valence-corrected chi connectivity index (χ1v) is 11.1. The van der Waals surface area contributed by atoms with Crippen LogP contribution in [0.3, 0.4) is 0 Å². The second kappa shape index (κ2) is 14.0. The normalized spacial score (nSPS) is 18.7. The Balaban J connectivity index is 0.00000320. The number of aromatic nitrogens is 3. The summed E-state index contributed by atoms with van der Waals surface area (Å²) < 4.78 is 14.5. The number of nitrogens with one attached hydrogen (secondary N) is 2. The fraction of sp³-hybridized carbons (Fsp3) is 0.850. The zero-order valence-electron chi connectivity index (χ0n) is 18.1. The van der Waals surface area contributed by atoms with Gasteiger partial charge in [0.05, 0.1) is 13.2 Å². The Morgan fingerprint density at radius 2 is 2.23 bits per heavy atom. The topological polar surface area (TPSA) is 94.7 Å². The number of halogens is 1. The van der Waals surface area contributed by atoms with Crippen molar-refractivity contribution in [1.82, 2.24) is 25.0 Å². The van der Waals surface area contributed by atoms with Crippen molar-refractivity contribution in [3.8, 4) is 0 Å². The Labute approximate surface area is 196 Å². The van der Waals surface area contributed by atoms with Crippen LogP contribution in [0.2, 0.25) is 0 Å². The quantitative estimate of drug-likeness (QED) is 0.192. The van der Waals surface area contributed by atoms with Crippen LogP contribution in [-0.2, 0) is 29.0 Å². The van der Waals surface area contributed by atoms with Crippen molar-refractivity contribution in [1.29, 1.82) is 0 Å². The van der Waals surface area contributed by atoms with E-state index in [-0.39, 0.29) is 29.7 Å². The molecule has 1 aromatic heterocycles. The zero-order valence-corrected chi connectivity index (χ0v) is 20.4. The van der Waals surface area contributed by atoms with E-state index in [4.69, 9.17) is 9.47 Å². The first-order chi connectivity index (χ1) is 14.3. The molecule has 0 aliphatic carbocycles. The van der Waals surface area contributed by atoms with Crippen LogP contribution in [0.15, 0.2) is 9.79 Å². The molecule has 0 radical (unpaired) electrons. The largest absolute Gasteiger partial charge is 0.381 e. The number of hydrogen-bond acceptors (Lipinski definition) is 5. The fourth-order valence-electron chi connectivity index (χ4n) is 3.69. The van der Waals surface area contributed by atoms with Crippen LogP contribution in [0.4, 0.5) is 0 Å². The predicted molar refractivity (Wildman–Crippen MR) is 128 cm³/mol. The minimum atomic E-state index is 0. The molecule has 0 bridgehead atoms. The van der Waals surface area contributed by atoms with E-state index < -0.39 is 0 Å². The van der Waals surface area contributed by atoms with E-state index in [2.05, 4.69) is 27.6 Å². The number of aliphatic imine (C=N–C) groups is 1. The monoisotopic (exact) mass is 536 g/mol. The van der Waals surface area contributed by atoms with Gasteiger partial charge in [0, 0.05) is 58.3 Å². The lowest BCUT2D eigenvalue weighted by atomic mass is 10.1. The van der Waals surface area contributed by atoms with Crippen molar-refractivity contribution in [2.75, 3.05) is 46.1 Å². The van der Waals surface area contributed by atoms with E-state index in [0.29, 0.717) is 19.0 Å².